The second kappa shape index (κ2) is 5.08. The standard InChI is InChI=1S/C15H31N/c1-14(2,3)13-9-7-11-16(12-8-10-13)15(4,5)6/h13H,7-12H2,1-6H3. The van der Waals surface area contributed by atoms with Crippen molar-refractivity contribution in [2.45, 2.75) is 72.8 Å². The molecule has 1 heterocycles. The summed E-state index contributed by atoms with van der Waals surface area (Å²) >= 11 is 0. The molecule has 0 saturated carbocycles. The minimum atomic E-state index is 0.356. The lowest BCUT2D eigenvalue weighted by molar-refractivity contribution is 0.0960. The van der Waals surface area contributed by atoms with Gasteiger partial charge in [0.25, 0.3) is 0 Å². The maximum atomic E-state index is 2.66. The summed E-state index contributed by atoms with van der Waals surface area (Å²) in [5.74, 6) is 0.926. The third kappa shape index (κ3) is 4.08. The number of likely N-dealkylation sites (tertiary alicyclic amines) is 1. The summed E-state index contributed by atoms with van der Waals surface area (Å²) in [7, 11) is 0. The molecule has 0 N–H and O–H groups in total. The smallest absolute Gasteiger partial charge is 0.0125 e. The molecule has 0 aromatic carbocycles. The highest BCUT2D eigenvalue weighted by molar-refractivity contribution is 4.81. The molecule has 1 saturated heterocycles. The van der Waals surface area contributed by atoms with Gasteiger partial charge in [0.2, 0.25) is 0 Å². The molecule has 0 unspecified atom stereocenters. The molecule has 0 spiro atoms. The van der Waals surface area contributed by atoms with Crippen molar-refractivity contribution in [3.63, 3.8) is 0 Å². The Morgan fingerprint density at radius 1 is 0.812 bits per heavy atom. The van der Waals surface area contributed by atoms with E-state index in [4.69, 9.17) is 0 Å². The van der Waals surface area contributed by atoms with Gasteiger partial charge in [-0.1, -0.05) is 20.8 Å². The average Bonchev–Trinajstić information content (AvgIpc) is 1.96. The van der Waals surface area contributed by atoms with Gasteiger partial charge in [-0.3, -0.25) is 4.90 Å². The van der Waals surface area contributed by atoms with Gasteiger partial charge >= 0.3 is 0 Å². The lowest BCUT2D eigenvalue weighted by Gasteiger charge is -2.40. The molecule has 1 fully saturated rings. The van der Waals surface area contributed by atoms with E-state index in [1.165, 1.54) is 38.8 Å². The molecule has 0 radical (unpaired) electrons. The van der Waals surface area contributed by atoms with Crippen molar-refractivity contribution < 1.29 is 0 Å². The van der Waals surface area contributed by atoms with E-state index in [1.807, 2.05) is 0 Å². The highest BCUT2D eigenvalue weighted by Gasteiger charge is 2.28. The van der Waals surface area contributed by atoms with Gasteiger partial charge in [-0.2, -0.15) is 0 Å². The molecule has 1 heteroatoms. The molecule has 1 rings (SSSR count). The highest BCUT2D eigenvalue weighted by atomic mass is 15.2. The van der Waals surface area contributed by atoms with Crippen molar-refractivity contribution in [2.75, 3.05) is 13.1 Å². The van der Waals surface area contributed by atoms with Crippen LogP contribution in [0.15, 0.2) is 0 Å². The van der Waals surface area contributed by atoms with Crippen LogP contribution in [0.1, 0.15) is 67.2 Å². The van der Waals surface area contributed by atoms with Crippen molar-refractivity contribution in [2.24, 2.45) is 11.3 Å². The Bertz CT molecular complexity index is 174. The van der Waals surface area contributed by atoms with Crippen molar-refractivity contribution in [1.82, 2.24) is 4.90 Å². The summed E-state index contributed by atoms with van der Waals surface area (Å²) in [6, 6.07) is 0. The maximum absolute atomic E-state index is 2.66. The van der Waals surface area contributed by atoms with E-state index in [-0.39, 0.29) is 0 Å². The lowest BCUT2D eigenvalue weighted by atomic mass is 9.75. The number of nitrogens with zero attached hydrogens (tertiary/aromatic N) is 1. The van der Waals surface area contributed by atoms with Crippen LogP contribution in [-0.4, -0.2) is 23.5 Å². The fourth-order valence-electron chi connectivity index (χ4n) is 2.85. The van der Waals surface area contributed by atoms with Gasteiger partial charge in [-0.05, 0) is 70.9 Å². The zero-order chi connectivity index (χ0) is 12.4. The fourth-order valence-corrected chi connectivity index (χ4v) is 2.85. The minimum Gasteiger partial charge on any atom is -0.298 e. The third-order valence-corrected chi connectivity index (χ3v) is 4.13. The molecule has 0 bridgehead atoms. The fraction of sp³-hybridized carbons (Fsp3) is 1.00. The monoisotopic (exact) mass is 225 g/mol. The third-order valence-electron chi connectivity index (χ3n) is 4.13. The van der Waals surface area contributed by atoms with Gasteiger partial charge in [0, 0.05) is 5.54 Å². The first-order chi connectivity index (χ1) is 7.21. The SMILES string of the molecule is CC(C)(C)C1CCCN(C(C)(C)C)CCC1. The number of hydrogen-bond acceptors (Lipinski definition) is 1. The molecule has 0 aromatic heterocycles. The molecule has 0 aromatic rings. The summed E-state index contributed by atoms with van der Waals surface area (Å²) in [5, 5.41) is 0. The Morgan fingerprint density at radius 3 is 1.56 bits per heavy atom. The zero-order valence-corrected chi connectivity index (χ0v) is 12.3. The van der Waals surface area contributed by atoms with Crippen molar-refractivity contribution in [3.8, 4) is 0 Å². The molecular formula is C15H31N. The van der Waals surface area contributed by atoms with Gasteiger partial charge in [-0.25, -0.2) is 0 Å². The molecule has 16 heavy (non-hydrogen) atoms. The first kappa shape index (κ1) is 14.0. The molecule has 1 aliphatic heterocycles. The molecule has 1 aliphatic rings. The summed E-state index contributed by atoms with van der Waals surface area (Å²) in [6.07, 6.45) is 5.57. The van der Waals surface area contributed by atoms with Crippen molar-refractivity contribution in [3.05, 3.63) is 0 Å². The average molecular weight is 225 g/mol. The van der Waals surface area contributed by atoms with Crippen LogP contribution in [0, 0.1) is 11.3 Å². The zero-order valence-electron chi connectivity index (χ0n) is 12.3. The topological polar surface area (TPSA) is 3.24 Å². The largest absolute Gasteiger partial charge is 0.298 e. The van der Waals surface area contributed by atoms with Crippen LogP contribution in [0.4, 0.5) is 0 Å². The van der Waals surface area contributed by atoms with Crippen LogP contribution < -0.4 is 0 Å². The van der Waals surface area contributed by atoms with E-state index in [0.717, 1.165) is 5.92 Å². The highest BCUT2D eigenvalue weighted by Crippen LogP contribution is 2.35. The predicted molar refractivity (Wildman–Crippen MR) is 72.7 cm³/mol. The normalized spacial score (nSPS) is 22.9. The van der Waals surface area contributed by atoms with Gasteiger partial charge in [0.15, 0.2) is 0 Å². The summed E-state index contributed by atoms with van der Waals surface area (Å²) in [6.45, 7) is 16.8. The molecule has 1 nitrogen and oxygen atoms in total. The van der Waals surface area contributed by atoms with E-state index in [1.54, 1.807) is 0 Å². The molecule has 0 amide bonds. The summed E-state index contributed by atoms with van der Waals surface area (Å²) in [4.78, 5) is 2.66. The second-order valence-corrected chi connectivity index (χ2v) is 7.51. The van der Waals surface area contributed by atoms with Gasteiger partial charge < -0.3 is 0 Å². The number of rotatable bonds is 0. The van der Waals surface area contributed by atoms with Crippen LogP contribution in [0.5, 0.6) is 0 Å². The van der Waals surface area contributed by atoms with E-state index < -0.39 is 0 Å². The van der Waals surface area contributed by atoms with Gasteiger partial charge in [-0.15, -0.1) is 0 Å². The lowest BCUT2D eigenvalue weighted by Crippen LogP contribution is -2.43. The molecule has 0 atom stereocenters. The molecule has 0 aliphatic carbocycles. The van der Waals surface area contributed by atoms with Crippen molar-refractivity contribution >= 4 is 0 Å². The quantitative estimate of drug-likeness (QED) is 0.593. The minimum absolute atomic E-state index is 0.356. The second-order valence-electron chi connectivity index (χ2n) is 7.51. The maximum Gasteiger partial charge on any atom is 0.0125 e. The Hall–Kier alpha value is -0.0400. The number of hydrogen-bond donors (Lipinski definition) is 0. The first-order valence-electron chi connectivity index (χ1n) is 6.96. The summed E-state index contributed by atoms with van der Waals surface area (Å²) in [5.41, 5.74) is 0.860. The van der Waals surface area contributed by atoms with Gasteiger partial charge in [0.1, 0.15) is 0 Å². The first-order valence-corrected chi connectivity index (χ1v) is 6.96. The van der Waals surface area contributed by atoms with E-state index >= 15 is 0 Å². The Kier molecular flexibility index (Phi) is 4.45. The Morgan fingerprint density at radius 2 is 1.25 bits per heavy atom. The Labute approximate surface area is 103 Å². The van der Waals surface area contributed by atoms with Crippen LogP contribution in [0.2, 0.25) is 0 Å². The van der Waals surface area contributed by atoms with Crippen LogP contribution in [-0.2, 0) is 0 Å². The van der Waals surface area contributed by atoms with Crippen molar-refractivity contribution in [1.29, 1.82) is 0 Å². The summed E-state index contributed by atoms with van der Waals surface area (Å²) < 4.78 is 0. The van der Waals surface area contributed by atoms with E-state index in [2.05, 4.69) is 46.4 Å². The van der Waals surface area contributed by atoms with Crippen LogP contribution in [0.25, 0.3) is 0 Å². The predicted octanol–water partition coefficient (Wildman–Crippen LogP) is 4.32. The molecular weight excluding hydrogens is 194 g/mol. The molecule has 96 valence electrons. The van der Waals surface area contributed by atoms with Crippen LogP contribution >= 0.6 is 0 Å². The van der Waals surface area contributed by atoms with E-state index in [9.17, 15) is 0 Å². The van der Waals surface area contributed by atoms with Gasteiger partial charge in [0.05, 0.1) is 0 Å². The Balaban J connectivity index is 2.50. The van der Waals surface area contributed by atoms with E-state index in [0.29, 0.717) is 11.0 Å². The van der Waals surface area contributed by atoms with Crippen LogP contribution in [0.3, 0.4) is 0 Å².